The Kier molecular flexibility index (Phi) is 5.47. The fourth-order valence-corrected chi connectivity index (χ4v) is 2.79. The molecule has 1 saturated heterocycles. The second-order valence-corrected chi connectivity index (χ2v) is 5.74. The predicted molar refractivity (Wildman–Crippen MR) is 89.2 cm³/mol. The van der Waals surface area contributed by atoms with Gasteiger partial charge in [-0.1, -0.05) is 6.92 Å². The molecule has 2 aromatic rings. The van der Waals surface area contributed by atoms with E-state index in [1.165, 1.54) is 0 Å². The Hall–Kier alpha value is -2.08. The summed E-state index contributed by atoms with van der Waals surface area (Å²) in [6.45, 7) is 4.90. The lowest BCUT2D eigenvalue weighted by Crippen LogP contribution is -2.27. The van der Waals surface area contributed by atoms with Crippen molar-refractivity contribution in [1.82, 2.24) is 19.9 Å². The average molecular weight is 313 g/mol. The number of hydrogen-bond acceptors (Lipinski definition) is 6. The fourth-order valence-electron chi connectivity index (χ4n) is 2.79. The Labute approximate surface area is 137 Å². The Morgan fingerprint density at radius 3 is 2.91 bits per heavy atom. The van der Waals surface area contributed by atoms with Crippen LogP contribution in [0.4, 0.5) is 5.95 Å². The maximum atomic E-state index is 5.90. The number of rotatable bonds is 5. The number of hydrogen-bond donors (Lipinski definition) is 0. The van der Waals surface area contributed by atoms with Crippen LogP contribution in [0.5, 0.6) is 0 Å². The molecule has 1 unspecified atom stereocenters. The van der Waals surface area contributed by atoms with E-state index >= 15 is 0 Å². The van der Waals surface area contributed by atoms with Crippen LogP contribution in [-0.4, -0.2) is 45.7 Å². The molecular formula is C17H23N5O. The van der Waals surface area contributed by atoms with Crippen LogP contribution in [-0.2, 0) is 4.74 Å². The third-order valence-electron chi connectivity index (χ3n) is 3.98. The molecule has 0 spiro atoms. The van der Waals surface area contributed by atoms with E-state index < -0.39 is 0 Å². The van der Waals surface area contributed by atoms with Gasteiger partial charge in [-0.15, -0.1) is 0 Å². The number of nitrogens with zero attached hydrogens (tertiary/aromatic N) is 5. The van der Waals surface area contributed by atoms with Crippen molar-refractivity contribution in [3.63, 3.8) is 0 Å². The lowest BCUT2D eigenvalue weighted by Gasteiger charge is -2.20. The maximum absolute atomic E-state index is 5.90. The minimum Gasteiger partial charge on any atom is -0.378 e. The zero-order valence-corrected chi connectivity index (χ0v) is 13.6. The zero-order chi connectivity index (χ0) is 15.9. The van der Waals surface area contributed by atoms with E-state index in [2.05, 4.69) is 31.8 Å². The molecule has 3 rings (SSSR count). The van der Waals surface area contributed by atoms with E-state index in [0.717, 1.165) is 62.7 Å². The first-order chi connectivity index (χ1) is 11.4. The van der Waals surface area contributed by atoms with Gasteiger partial charge < -0.3 is 9.64 Å². The van der Waals surface area contributed by atoms with Crippen LogP contribution in [0, 0.1) is 0 Å². The third-order valence-corrected chi connectivity index (χ3v) is 3.98. The van der Waals surface area contributed by atoms with Gasteiger partial charge in [-0.2, -0.15) is 0 Å². The minimum atomic E-state index is 0.364. The molecule has 1 aliphatic rings. The quantitative estimate of drug-likeness (QED) is 0.845. The molecule has 0 saturated carbocycles. The second-order valence-electron chi connectivity index (χ2n) is 5.74. The molecular weight excluding hydrogens is 290 g/mol. The van der Waals surface area contributed by atoms with Crippen molar-refractivity contribution >= 4 is 5.95 Å². The highest BCUT2D eigenvalue weighted by atomic mass is 16.5. The summed E-state index contributed by atoms with van der Waals surface area (Å²) in [5, 5.41) is 0. The summed E-state index contributed by atoms with van der Waals surface area (Å²) in [4.78, 5) is 19.8. The topological polar surface area (TPSA) is 64.0 Å². The molecule has 0 aromatic carbocycles. The SMILES string of the molecule is CCCOC1CCCN(c2nccc(-c3cnccn3)n2)CC1. The monoisotopic (exact) mass is 313 g/mol. The summed E-state index contributed by atoms with van der Waals surface area (Å²) >= 11 is 0. The molecule has 1 aliphatic heterocycles. The molecule has 6 nitrogen and oxygen atoms in total. The van der Waals surface area contributed by atoms with Gasteiger partial charge in [0.1, 0.15) is 5.69 Å². The van der Waals surface area contributed by atoms with Gasteiger partial charge in [-0.05, 0) is 31.7 Å². The molecule has 1 atom stereocenters. The van der Waals surface area contributed by atoms with Crippen molar-refractivity contribution in [2.45, 2.75) is 38.7 Å². The van der Waals surface area contributed by atoms with Crippen molar-refractivity contribution < 1.29 is 4.74 Å². The van der Waals surface area contributed by atoms with Gasteiger partial charge in [0.2, 0.25) is 5.95 Å². The van der Waals surface area contributed by atoms with Gasteiger partial charge >= 0.3 is 0 Å². The van der Waals surface area contributed by atoms with Gasteiger partial charge in [-0.25, -0.2) is 9.97 Å². The molecule has 6 heteroatoms. The number of aromatic nitrogens is 4. The van der Waals surface area contributed by atoms with E-state index in [1.807, 2.05) is 6.07 Å². The largest absolute Gasteiger partial charge is 0.378 e. The van der Waals surface area contributed by atoms with E-state index in [0.29, 0.717) is 6.10 Å². The van der Waals surface area contributed by atoms with Crippen molar-refractivity contribution in [2.24, 2.45) is 0 Å². The molecule has 23 heavy (non-hydrogen) atoms. The van der Waals surface area contributed by atoms with E-state index in [-0.39, 0.29) is 0 Å². The van der Waals surface area contributed by atoms with Crippen LogP contribution in [0.3, 0.4) is 0 Å². The van der Waals surface area contributed by atoms with Crippen molar-refractivity contribution in [2.75, 3.05) is 24.6 Å². The van der Waals surface area contributed by atoms with Gasteiger partial charge in [0.25, 0.3) is 0 Å². The zero-order valence-electron chi connectivity index (χ0n) is 13.6. The summed E-state index contributed by atoms with van der Waals surface area (Å²) in [6, 6.07) is 1.87. The van der Waals surface area contributed by atoms with Gasteiger partial charge in [0, 0.05) is 38.3 Å². The summed E-state index contributed by atoms with van der Waals surface area (Å²) in [5.41, 5.74) is 1.58. The predicted octanol–water partition coefficient (Wildman–Crippen LogP) is 2.72. The first kappa shape index (κ1) is 15.8. The molecule has 0 aliphatic carbocycles. The molecule has 0 N–H and O–H groups in total. The van der Waals surface area contributed by atoms with Crippen molar-refractivity contribution in [1.29, 1.82) is 0 Å². The van der Waals surface area contributed by atoms with Crippen LogP contribution >= 0.6 is 0 Å². The van der Waals surface area contributed by atoms with Crippen LogP contribution in [0.25, 0.3) is 11.4 Å². The normalized spacial score (nSPS) is 18.7. The van der Waals surface area contributed by atoms with Crippen molar-refractivity contribution in [3.8, 4) is 11.4 Å². The summed E-state index contributed by atoms with van der Waals surface area (Å²) < 4.78 is 5.90. The van der Waals surface area contributed by atoms with Crippen LogP contribution in [0.2, 0.25) is 0 Å². The highest BCUT2D eigenvalue weighted by Gasteiger charge is 2.19. The highest BCUT2D eigenvalue weighted by molar-refractivity contribution is 5.54. The Morgan fingerprint density at radius 2 is 2.09 bits per heavy atom. The Balaban J connectivity index is 1.70. The van der Waals surface area contributed by atoms with Crippen molar-refractivity contribution in [3.05, 3.63) is 30.9 Å². The number of ether oxygens (including phenoxy) is 1. The molecule has 1 fully saturated rings. The number of anilines is 1. The van der Waals surface area contributed by atoms with E-state index in [9.17, 15) is 0 Å². The van der Waals surface area contributed by atoms with Crippen LogP contribution in [0.1, 0.15) is 32.6 Å². The van der Waals surface area contributed by atoms with Gasteiger partial charge in [0.05, 0.1) is 18.0 Å². The third kappa shape index (κ3) is 4.22. The lowest BCUT2D eigenvalue weighted by molar-refractivity contribution is 0.0461. The first-order valence-electron chi connectivity index (χ1n) is 8.33. The summed E-state index contributed by atoms with van der Waals surface area (Å²) in [6.07, 6.45) is 11.5. The smallest absolute Gasteiger partial charge is 0.225 e. The minimum absolute atomic E-state index is 0.364. The molecule has 122 valence electrons. The van der Waals surface area contributed by atoms with Gasteiger partial charge in [0.15, 0.2) is 0 Å². The molecule has 0 radical (unpaired) electrons. The molecule has 0 amide bonds. The molecule has 3 heterocycles. The first-order valence-corrected chi connectivity index (χ1v) is 8.33. The summed E-state index contributed by atoms with van der Waals surface area (Å²) in [5.74, 6) is 0.768. The Morgan fingerprint density at radius 1 is 1.13 bits per heavy atom. The molecule has 0 bridgehead atoms. The lowest BCUT2D eigenvalue weighted by atomic mass is 10.2. The average Bonchev–Trinajstić information content (AvgIpc) is 2.86. The maximum Gasteiger partial charge on any atom is 0.225 e. The highest BCUT2D eigenvalue weighted by Crippen LogP contribution is 2.20. The van der Waals surface area contributed by atoms with E-state index in [1.54, 1.807) is 24.8 Å². The standard InChI is InChI=1S/C17H23N5O/c1-2-12-23-14-4-3-10-22(11-6-14)17-20-7-5-15(21-17)16-13-18-8-9-19-16/h5,7-9,13-14H,2-4,6,10-12H2,1H3. The van der Waals surface area contributed by atoms with Gasteiger partial charge in [-0.3, -0.25) is 9.97 Å². The second kappa shape index (κ2) is 7.97. The fraction of sp³-hybridized carbons (Fsp3) is 0.529. The van der Waals surface area contributed by atoms with E-state index in [4.69, 9.17) is 4.74 Å². The van der Waals surface area contributed by atoms with Crippen LogP contribution in [0.15, 0.2) is 30.9 Å². The molecule has 2 aromatic heterocycles. The Bertz CT molecular complexity index is 607. The van der Waals surface area contributed by atoms with Crippen LogP contribution < -0.4 is 4.90 Å². The summed E-state index contributed by atoms with van der Waals surface area (Å²) in [7, 11) is 0.